The Bertz CT molecular complexity index is 773. The van der Waals surface area contributed by atoms with E-state index in [0.29, 0.717) is 0 Å². The number of allylic oxidation sites excluding steroid dienone is 1. The first kappa shape index (κ1) is 13.7. The maximum Gasteiger partial charge on any atom is 0.168 e. The average molecular weight is 333 g/mol. The van der Waals surface area contributed by atoms with E-state index >= 15 is 0 Å². The molecule has 0 unspecified atom stereocenters. The Labute approximate surface area is 137 Å². The molecule has 0 fully saturated rings. The maximum atomic E-state index is 4.64. The summed E-state index contributed by atoms with van der Waals surface area (Å²) in [4.78, 5) is 9.86. The maximum absolute atomic E-state index is 4.64. The van der Waals surface area contributed by atoms with Gasteiger partial charge in [0, 0.05) is 32.0 Å². The smallest absolute Gasteiger partial charge is 0.168 e. The molecular formula is C16H16N2S3. The van der Waals surface area contributed by atoms with Crippen LogP contribution >= 0.6 is 34.9 Å². The molecule has 4 rings (SSSR count). The van der Waals surface area contributed by atoms with Crippen molar-refractivity contribution in [3.8, 4) is 0 Å². The highest BCUT2D eigenvalue weighted by Crippen LogP contribution is 2.46. The van der Waals surface area contributed by atoms with Crippen molar-refractivity contribution in [2.45, 2.75) is 18.2 Å². The number of aliphatic imine (C=N–C) groups is 1. The molecule has 0 bridgehead atoms. The number of nitrogens with zero attached hydrogens (tertiary/aromatic N) is 2. The Morgan fingerprint density at radius 1 is 1.38 bits per heavy atom. The molecule has 1 aromatic heterocycles. The second kappa shape index (κ2) is 5.38. The molecule has 2 nitrogen and oxygen atoms in total. The third-order valence-electron chi connectivity index (χ3n) is 3.91. The Morgan fingerprint density at radius 3 is 3.10 bits per heavy atom. The lowest BCUT2D eigenvalue weighted by Gasteiger charge is -2.19. The van der Waals surface area contributed by atoms with Crippen molar-refractivity contribution < 1.29 is 0 Å². The molecular weight excluding hydrogens is 316 g/mol. The highest BCUT2D eigenvalue weighted by Gasteiger charge is 2.33. The van der Waals surface area contributed by atoms with Gasteiger partial charge in [0.15, 0.2) is 5.17 Å². The van der Waals surface area contributed by atoms with Crippen molar-refractivity contribution in [2.75, 3.05) is 19.3 Å². The summed E-state index contributed by atoms with van der Waals surface area (Å²) in [5.74, 6) is 0. The van der Waals surface area contributed by atoms with Crippen molar-refractivity contribution in [1.82, 2.24) is 4.90 Å². The van der Waals surface area contributed by atoms with Crippen LogP contribution < -0.4 is 0 Å². The summed E-state index contributed by atoms with van der Waals surface area (Å²) in [5, 5.41) is 4.78. The normalized spacial score (nSPS) is 17.8. The SMILES string of the molecule is CCC1=C(c2cc(SC)cc3sccc23)N2CCN=C2S1. The largest absolute Gasteiger partial charge is 0.318 e. The predicted molar refractivity (Wildman–Crippen MR) is 97.4 cm³/mol. The molecule has 108 valence electrons. The van der Waals surface area contributed by atoms with Crippen LogP contribution in [0.2, 0.25) is 0 Å². The third kappa shape index (κ3) is 2.14. The van der Waals surface area contributed by atoms with Gasteiger partial charge in [-0.3, -0.25) is 4.99 Å². The number of thioether (sulfide) groups is 2. The standard InChI is InChI=1S/C16H16N2S3/c1-3-13-15(18-6-5-17-16(18)21-13)12-8-10(19-2)9-14-11(12)4-7-20-14/h4,7-9H,3,5-6H2,1-2H3. The summed E-state index contributed by atoms with van der Waals surface area (Å²) in [6, 6.07) is 6.92. The van der Waals surface area contributed by atoms with Crippen LogP contribution in [0.3, 0.4) is 0 Å². The molecule has 0 saturated heterocycles. The number of amidine groups is 1. The van der Waals surface area contributed by atoms with Crippen LogP contribution in [-0.4, -0.2) is 29.4 Å². The first-order chi connectivity index (χ1) is 10.3. The van der Waals surface area contributed by atoms with Crippen molar-refractivity contribution in [3.05, 3.63) is 34.0 Å². The van der Waals surface area contributed by atoms with E-state index in [-0.39, 0.29) is 0 Å². The molecule has 21 heavy (non-hydrogen) atoms. The Balaban J connectivity index is 1.96. The molecule has 0 atom stereocenters. The van der Waals surface area contributed by atoms with Gasteiger partial charge in [-0.05, 0) is 36.3 Å². The summed E-state index contributed by atoms with van der Waals surface area (Å²) in [5.41, 5.74) is 2.78. The summed E-state index contributed by atoms with van der Waals surface area (Å²) in [6.07, 6.45) is 3.23. The second-order valence-electron chi connectivity index (χ2n) is 5.05. The minimum absolute atomic E-state index is 0.928. The Kier molecular flexibility index (Phi) is 3.52. The lowest BCUT2D eigenvalue weighted by molar-refractivity contribution is 0.647. The van der Waals surface area contributed by atoms with E-state index in [1.165, 1.54) is 36.3 Å². The molecule has 0 radical (unpaired) electrons. The number of rotatable bonds is 3. The summed E-state index contributed by atoms with van der Waals surface area (Å²) >= 11 is 5.52. The molecule has 3 heterocycles. The van der Waals surface area contributed by atoms with Gasteiger partial charge in [-0.25, -0.2) is 0 Å². The lowest BCUT2D eigenvalue weighted by atomic mass is 10.1. The van der Waals surface area contributed by atoms with Gasteiger partial charge in [0.25, 0.3) is 0 Å². The van der Waals surface area contributed by atoms with Crippen molar-refractivity contribution in [1.29, 1.82) is 0 Å². The van der Waals surface area contributed by atoms with Crippen LogP contribution in [-0.2, 0) is 0 Å². The fourth-order valence-electron chi connectivity index (χ4n) is 2.93. The van der Waals surface area contributed by atoms with Crippen LogP contribution in [0.5, 0.6) is 0 Å². The van der Waals surface area contributed by atoms with Gasteiger partial charge in [0.2, 0.25) is 0 Å². The molecule has 2 aliphatic heterocycles. The van der Waals surface area contributed by atoms with Crippen molar-refractivity contribution in [3.63, 3.8) is 0 Å². The summed E-state index contributed by atoms with van der Waals surface area (Å²) < 4.78 is 1.38. The molecule has 0 spiro atoms. The zero-order valence-corrected chi connectivity index (χ0v) is 14.5. The molecule has 2 aliphatic rings. The van der Waals surface area contributed by atoms with E-state index in [2.05, 4.69) is 46.7 Å². The second-order valence-corrected chi connectivity index (χ2v) is 7.94. The average Bonchev–Trinajstić information content (AvgIpc) is 3.20. The molecule has 0 N–H and O–H groups in total. The number of benzene rings is 1. The molecule has 0 aliphatic carbocycles. The lowest BCUT2D eigenvalue weighted by Crippen LogP contribution is -2.20. The first-order valence-corrected chi connectivity index (χ1v) is 10.0. The van der Waals surface area contributed by atoms with Gasteiger partial charge in [-0.2, -0.15) is 0 Å². The van der Waals surface area contributed by atoms with E-state index in [4.69, 9.17) is 0 Å². The zero-order valence-electron chi connectivity index (χ0n) is 12.0. The molecule has 0 saturated carbocycles. The minimum atomic E-state index is 0.928. The van der Waals surface area contributed by atoms with Crippen LogP contribution in [0, 0.1) is 0 Å². The van der Waals surface area contributed by atoms with Crippen LogP contribution in [0.4, 0.5) is 0 Å². The number of fused-ring (bicyclic) bond motifs is 2. The highest BCUT2D eigenvalue weighted by molar-refractivity contribution is 8.17. The molecule has 1 aromatic carbocycles. The molecule has 0 amide bonds. The molecule has 5 heteroatoms. The van der Waals surface area contributed by atoms with Crippen LogP contribution in [0.1, 0.15) is 18.9 Å². The third-order valence-corrected chi connectivity index (χ3v) is 6.74. The number of thiophene rings is 1. The summed E-state index contributed by atoms with van der Waals surface area (Å²) in [6.45, 7) is 4.20. The van der Waals surface area contributed by atoms with E-state index in [1.807, 2.05) is 34.9 Å². The minimum Gasteiger partial charge on any atom is -0.318 e. The van der Waals surface area contributed by atoms with Crippen LogP contribution in [0.15, 0.2) is 38.4 Å². The Morgan fingerprint density at radius 2 is 2.29 bits per heavy atom. The van der Waals surface area contributed by atoms with Gasteiger partial charge in [-0.15, -0.1) is 23.1 Å². The van der Waals surface area contributed by atoms with Crippen molar-refractivity contribution >= 4 is 55.8 Å². The van der Waals surface area contributed by atoms with Crippen molar-refractivity contribution in [2.24, 2.45) is 4.99 Å². The quantitative estimate of drug-likeness (QED) is 0.726. The highest BCUT2D eigenvalue weighted by atomic mass is 32.2. The van der Waals surface area contributed by atoms with Crippen LogP contribution in [0.25, 0.3) is 15.8 Å². The van der Waals surface area contributed by atoms with E-state index < -0.39 is 0 Å². The Hall–Kier alpha value is -0.910. The van der Waals surface area contributed by atoms with Gasteiger partial charge in [-0.1, -0.05) is 18.7 Å². The van der Waals surface area contributed by atoms with Gasteiger partial charge >= 0.3 is 0 Å². The van der Waals surface area contributed by atoms with E-state index in [9.17, 15) is 0 Å². The van der Waals surface area contributed by atoms with Gasteiger partial charge < -0.3 is 4.90 Å². The molecule has 2 aromatic rings. The number of hydrogen-bond donors (Lipinski definition) is 0. The number of hydrogen-bond acceptors (Lipinski definition) is 5. The summed E-state index contributed by atoms with van der Waals surface area (Å²) in [7, 11) is 0. The zero-order chi connectivity index (χ0) is 14.4. The fraction of sp³-hybridized carbons (Fsp3) is 0.312. The fourth-order valence-corrected chi connectivity index (χ4v) is 5.45. The predicted octanol–water partition coefficient (Wildman–Crippen LogP) is 5.12. The van der Waals surface area contributed by atoms with Gasteiger partial charge in [0.1, 0.15) is 0 Å². The monoisotopic (exact) mass is 332 g/mol. The first-order valence-electron chi connectivity index (χ1n) is 7.10. The van der Waals surface area contributed by atoms with E-state index in [1.54, 1.807) is 0 Å². The topological polar surface area (TPSA) is 15.6 Å². The van der Waals surface area contributed by atoms with Gasteiger partial charge in [0.05, 0.1) is 12.2 Å². The van der Waals surface area contributed by atoms with E-state index in [0.717, 1.165) is 19.5 Å².